The molecule has 0 saturated carbocycles. The number of carbonyl (C=O) groups is 1. The molecule has 8 heteroatoms. The van der Waals surface area contributed by atoms with Gasteiger partial charge in [-0.15, -0.1) is 0 Å². The van der Waals surface area contributed by atoms with Gasteiger partial charge in [0.2, 0.25) is 5.91 Å². The summed E-state index contributed by atoms with van der Waals surface area (Å²) in [4.78, 5) is 37.9. The predicted molar refractivity (Wildman–Crippen MR) is 107 cm³/mol. The number of nitrogens with zero attached hydrogens (tertiary/aromatic N) is 2. The summed E-state index contributed by atoms with van der Waals surface area (Å²) < 4.78 is 8.36. The van der Waals surface area contributed by atoms with Gasteiger partial charge >= 0.3 is 5.69 Å². The number of fused-ring (bicyclic) bond motifs is 1. The van der Waals surface area contributed by atoms with Gasteiger partial charge in [-0.2, -0.15) is 0 Å². The van der Waals surface area contributed by atoms with Gasteiger partial charge in [0.15, 0.2) is 0 Å². The Morgan fingerprint density at radius 1 is 1.15 bits per heavy atom. The lowest BCUT2D eigenvalue weighted by molar-refractivity contribution is -0.116. The van der Waals surface area contributed by atoms with E-state index in [9.17, 15) is 14.4 Å². The summed E-state index contributed by atoms with van der Waals surface area (Å²) in [6.45, 7) is 1.70. The lowest BCUT2D eigenvalue weighted by Gasteiger charge is -2.14. The highest BCUT2D eigenvalue weighted by atomic mass is 79.9. The summed E-state index contributed by atoms with van der Waals surface area (Å²) in [6, 6.07) is 12.0. The number of aromatic nitrogens is 2. The van der Waals surface area contributed by atoms with Crippen LogP contribution < -0.4 is 21.3 Å². The van der Waals surface area contributed by atoms with Crippen molar-refractivity contribution in [3.8, 4) is 5.75 Å². The van der Waals surface area contributed by atoms with Crippen LogP contribution >= 0.6 is 15.9 Å². The zero-order valence-electron chi connectivity index (χ0n) is 14.9. The van der Waals surface area contributed by atoms with Crippen molar-refractivity contribution < 1.29 is 9.53 Å². The van der Waals surface area contributed by atoms with Crippen molar-refractivity contribution in [2.24, 2.45) is 0 Å². The van der Waals surface area contributed by atoms with Gasteiger partial charge in [-0.3, -0.25) is 18.7 Å². The molecule has 0 bridgehead atoms. The lowest BCUT2D eigenvalue weighted by atomic mass is 10.2. The van der Waals surface area contributed by atoms with Crippen LogP contribution in [0.5, 0.6) is 5.75 Å². The number of rotatable bonds is 5. The number of hydrogen-bond donors (Lipinski definition) is 1. The third-order valence-electron chi connectivity index (χ3n) is 4.19. The van der Waals surface area contributed by atoms with Crippen molar-refractivity contribution >= 4 is 38.4 Å². The molecular formula is C19H18BrN3O4. The Morgan fingerprint density at radius 2 is 1.89 bits per heavy atom. The molecule has 2 aromatic carbocycles. The lowest BCUT2D eigenvalue weighted by Crippen LogP contribution is -2.41. The molecule has 1 aromatic heterocycles. The number of methoxy groups -OCH3 is 1. The van der Waals surface area contributed by atoms with E-state index in [1.807, 2.05) is 0 Å². The number of amides is 1. The first kappa shape index (κ1) is 18.9. The molecule has 0 spiro atoms. The van der Waals surface area contributed by atoms with Gasteiger partial charge in [0.05, 0.1) is 23.7 Å². The summed E-state index contributed by atoms with van der Waals surface area (Å²) in [7, 11) is 1.51. The molecule has 0 atom stereocenters. The first-order valence-electron chi connectivity index (χ1n) is 8.32. The highest BCUT2D eigenvalue weighted by molar-refractivity contribution is 9.10. The Hall–Kier alpha value is -2.87. The first-order valence-corrected chi connectivity index (χ1v) is 9.11. The maximum Gasteiger partial charge on any atom is 0.331 e. The van der Waals surface area contributed by atoms with E-state index in [-0.39, 0.29) is 18.6 Å². The standard InChI is InChI=1S/C19H18BrN3O4/c1-3-22-18(25)13-10-12(20)8-9-15(13)23(19(22)26)11-17(24)21-14-6-4-5-7-16(14)27-2/h4-10H,3,11H2,1-2H3,(H,21,24). The van der Waals surface area contributed by atoms with Crippen LogP contribution in [0.25, 0.3) is 10.9 Å². The van der Waals surface area contributed by atoms with Gasteiger partial charge in [0.25, 0.3) is 5.56 Å². The second-order valence-corrected chi connectivity index (χ2v) is 6.74. The topological polar surface area (TPSA) is 82.3 Å². The van der Waals surface area contributed by atoms with E-state index >= 15 is 0 Å². The van der Waals surface area contributed by atoms with Crippen LogP contribution in [0.15, 0.2) is 56.5 Å². The Bertz CT molecular complexity index is 1130. The number of halogens is 1. The van der Waals surface area contributed by atoms with Crippen LogP contribution in [0.3, 0.4) is 0 Å². The van der Waals surface area contributed by atoms with Gasteiger partial charge in [0.1, 0.15) is 12.3 Å². The predicted octanol–water partition coefficient (Wildman–Crippen LogP) is 2.59. The summed E-state index contributed by atoms with van der Waals surface area (Å²) >= 11 is 3.34. The fourth-order valence-corrected chi connectivity index (χ4v) is 3.27. The van der Waals surface area contributed by atoms with E-state index in [0.717, 1.165) is 9.04 Å². The average Bonchev–Trinajstić information content (AvgIpc) is 2.66. The van der Waals surface area contributed by atoms with E-state index in [2.05, 4.69) is 21.2 Å². The molecule has 0 fully saturated rings. The van der Waals surface area contributed by atoms with Crippen LogP contribution in [0.1, 0.15) is 6.92 Å². The van der Waals surface area contributed by atoms with Crippen molar-refractivity contribution in [1.29, 1.82) is 0 Å². The Kier molecular flexibility index (Phi) is 5.46. The van der Waals surface area contributed by atoms with E-state index in [1.165, 1.54) is 11.7 Å². The van der Waals surface area contributed by atoms with Crippen molar-refractivity contribution in [2.75, 3.05) is 12.4 Å². The van der Waals surface area contributed by atoms with Gasteiger partial charge < -0.3 is 10.1 Å². The van der Waals surface area contributed by atoms with Gasteiger partial charge in [-0.05, 0) is 37.3 Å². The zero-order valence-corrected chi connectivity index (χ0v) is 16.4. The molecule has 1 amide bonds. The third kappa shape index (κ3) is 3.66. The SMILES string of the molecule is CCn1c(=O)c2cc(Br)ccc2n(CC(=O)Nc2ccccc2OC)c1=O. The Balaban J connectivity index is 2.05. The monoisotopic (exact) mass is 431 g/mol. The molecule has 7 nitrogen and oxygen atoms in total. The third-order valence-corrected chi connectivity index (χ3v) is 4.68. The number of nitrogens with one attached hydrogen (secondary N) is 1. The minimum atomic E-state index is -0.521. The normalized spacial score (nSPS) is 10.8. The number of anilines is 1. The summed E-state index contributed by atoms with van der Waals surface area (Å²) in [5.74, 6) is 0.123. The van der Waals surface area contributed by atoms with E-state index in [4.69, 9.17) is 4.74 Å². The summed E-state index contributed by atoms with van der Waals surface area (Å²) in [5.41, 5.74) is 0.0228. The van der Waals surface area contributed by atoms with Crippen molar-refractivity contribution in [1.82, 2.24) is 9.13 Å². The molecule has 140 valence electrons. The largest absolute Gasteiger partial charge is 0.495 e. The fourth-order valence-electron chi connectivity index (χ4n) is 2.91. The van der Waals surface area contributed by atoms with Crippen LogP contribution in [-0.4, -0.2) is 22.2 Å². The smallest absolute Gasteiger partial charge is 0.331 e. The molecule has 27 heavy (non-hydrogen) atoms. The number of ether oxygens (including phenoxy) is 1. The zero-order chi connectivity index (χ0) is 19.6. The van der Waals surface area contributed by atoms with Crippen molar-refractivity contribution in [3.63, 3.8) is 0 Å². The van der Waals surface area contributed by atoms with Crippen molar-refractivity contribution in [2.45, 2.75) is 20.0 Å². The van der Waals surface area contributed by atoms with Gasteiger partial charge in [0, 0.05) is 11.0 Å². The minimum Gasteiger partial charge on any atom is -0.495 e. The minimum absolute atomic E-state index is 0.217. The Morgan fingerprint density at radius 3 is 2.59 bits per heavy atom. The first-order chi connectivity index (χ1) is 13.0. The molecule has 0 aliphatic heterocycles. The molecule has 3 rings (SSSR count). The molecule has 1 heterocycles. The van der Waals surface area contributed by atoms with Crippen LogP contribution in [-0.2, 0) is 17.9 Å². The second-order valence-electron chi connectivity index (χ2n) is 5.83. The molecule has 0 unspecified atom stereocenters. The van der Waals surface area contributed by atoms with E-state index < -0.39 is 11.6 Å². The van der Waals surface area contributed by atoms with Crippen LogP contribution in [0.2, 0.25) is 0 Å². The fraction of sp³-hybridized carbons (Fsp3) is 0.211. The summed E-state index contributed by atoms with van der Waals surface area (Å²) in [5, 5.41) is 3.12. The maximum atomic E-state index is 12.7. The van der Waals surface area contributed by atoms with Crippen LogP contribution in [0.4, 0.5) is 5.69 Å². The number of benzene rings is 2. The quantitative estimate of drug-likeness (QED) is 0.672. The highest BCUT2D eigenvalue weighted by Crippen LogP contribution is 2.23. The number of carbonyl (C=O) groups excluding carboxylic acids is 1. The highest BCUT2D eigenvalue weighted by Gasteiger charge is 2.16. The van der Waals surface area contributed by atoms with Gasteiger partial charge in [-0.25, -0.2) is 4.79 Å². The second kappa shape index (κ2) is 7.79. The molecule has 3 aromatic rings. The molecule has 0 radical (unpaired) electrons. The maximum absolute atomic E-state index is 12.7. The van der Waals surface area contributed by atoms with E-state index in [1.54, 1.807) is 49.4 Å². The molecular weight excluding hydrogens is 414 g/mol. The van der Waals surface area contributed by atoms with Crippen LogP contribution in [0, 0.1) is 0 Å². The number of para-hydroxylation sites is 2. The van der Waals surface area contributed by atoms with Crippen molar-refractivity contribution in [3.05, 3.63) is 67.8 Å². The molecule has 0 saturated heterocycles. The molecule has 0 aliphatic rings. The van der Waals surface area contributed by atoms with Gasteiger partial charge in [-0.1, -0.05) is 28.1 Å². The average molecular weight is 432 g/mol. The van der Waals surface area contributed by atoms with E-state index in [0.29, 0.717) is 22.3 Å². The molecule has 0 aliphatic carbocycles. The summed E-state index contributed by atoms with van der Waals surface area (Å²) in [6.07, 6.45) is 0. The Labute approximate surface area is 163 Å². The number of hydrogen-bond acceptors (Lipinski definition) is 4. The molecule has 1 N–H and O–H groups in total.